The van der Waals surface area contributed by atoms with E-state index in [0.717, 1.165) is 52.2 Å². The van der Waals surface area contributed by atoms with Gasteiger partial charge in [0.15, 0.2) is 14.3 Å². The molecule has 0 N–H and O–H groups in total. The first-order valence-electron chi connectivity index (χ1n) is 18.3. The molecule has 8 aromatic rings. The van der Waals surface area contributed by atoms with Crippen LogP contribution in [0.5, 0.6) is 0 Å². The second-order valence-electron chi connectivity index (χ2n) is 12.5. The summed E-state index contributed by atoms with van der Waals surface area (Å²) in [7, 11) is -5.73. The maximum atomic E-state index is 14.3. The Morgan fingerprint density at radius 2 is 0.712 bits per heavy atom. The van der Waals surface area contributed by atoms with Gasteiger partial charge in [0.2, 0.25) is 0 Å². The summed E-state index contributed by atoms with van der Waals surface area (Å²) in [5, 5.41) is 5.09. The van der Waals surface area contributed by atoms with Crippen molar-refractivity contribution in [2.24, 2.45) is 0 Å². The molecule has 2 heterocycles. The van der Waals surface area contributed by atoms with Gasteiger partial charge in [0, 0.05) is 54.3 Å². The summed E-state index contributed by atoms with van der Waals surface area (Å²) >= 11 is 6.64. The fourth-order valence-corrected chi connectivity index (χ4v) is 11.6. The zero-order valence-electron chi connectivity index (χ0n) is 32.8. The fraction of sp³-hybridized carbons (Fsp3) is 0.0408. The normalized spacial score (nSPS) is 10.3. The largest absolute Gasteiger partial charge is 2.00 e. The quantitative estimate of drug-likeness (QED) is 0.0701. The van der Waals surface area contributed by atoms with E-state index in [1.807, 2.05) is 227 Å². The molecule has 4 nitrogen and oxygen atoms in total. The van der Waals surface area contributed by atoms with Gasteiger partial charge in [-0.3, -0.25) is 4.98 Å². The molecule has 0 atom stereocenters. The number of hydrogen-bond donors (Lipinski definition) is 0. The molecular formula is C49H43Br2ClMgN2O2P2. The molecule has 0 spiro atoms. The number of halogens is 3. The van der Waals surface area contributed by atoms with E-state index < -0.39 is 14.3 Å². The van der Waals surface area contributed by atoms with Crippen molar-refractivity contribution in [3.05, 3.63) is 234 Å². The molecule has 0 saturated carbocycles. The average molecular weight is 973 g/mol. The predicted octanol–water partition coefficient (Wildman–Crippen LogP) is 8.17. The van der Waals surface area contributed by atoms with Crippen molar-refractivity contribution in [3.63, 3.8) is 0 Å². The molecule has 0 aliphatic carbocycles. The van der Waals surface area contributed by atoms with E-state index in [1.165, 1.54) is 0 Å². The van der Waals surface area contributed by atoms with Gasteiger partial charge in [-0.25, -0.2) is 4.98 Å². The number of aromatic nitrogens is 2. The third-order valence-electron chi connectivity index (χ3n) is 8.49. The average Bonchev–Trinajstić information content (AvgIpc) is 3.29. The van der Waals surface area contributed by atoms with Gasteiger partial charge in [-0.05, 0) is 64.5 Å². The third kappa shape index (κ3) is 13.5. The Kier molecular flexibility index (Phi) is 21.5. The van der Waals surface area contributed by atoms with Crippen LogP contribution in [0.2, 0.25) is 0 Å². The second kappa shape index (κ2) is 25.7. The van der Waals surface area contributed by atoms with E-state index in [2.05, 4.69) is 41.8 Å². The van der Waals surface area contributed by atoms with Gasteiger partial charge in [0.25, 0.3) is 0 Å². The second-order valence-corrected chi connectivity index (χ2v) is 19.8. The van der Waals surface area contributed by atoms with Crippen LogP contribution < -0.4 is 44.2 Å². The zero-order chi connectivity index (χ0) is 40.4. The van der Waals surface area contributed by atoms with E-state index in [9.17, 15) is 9.13 Å². The molecule has 0 saturated heterocycles. The van der Waals surface area contributed by atoms with Crippen molar-refractivity contribution < 1.29 is 21.5 Å². The van der Waals surface area contributed by atoms with E-state index in [1.54, 1.807) is 12.4 Å². The molecule has 6 aromatic carbocycles. The Morgan fingerprint density at radius 1 is 0.407 bits per heavy atom. The van der Waals surface area contributed by atoms with Crippen LogP contribution in [-0.2, 0) is 9.13 Å². The summed E-state index contributed by atoms with van der Waals surface area (Å²) in [6, 6.07) is 66.0. The fourth-order valence-electron chi connectivity index (χ4n) is 5.81. The minimum absolute atomic E-state index is 0. The van der Waals surface area contributed by atoms with Crippen LogP contribution >= 0.6 is 46.1 Å². The molecular weight excluding hydrogens is 930 g/mol. The molecule has 0 fully saturated rings. The first-order chi connectivity index (χ1) is 27.8. The first kappa shape index (κ1) is 49.5. The van der Waals surface area contributed by atoms with E-state index in [-0.39, 0.29) is 35.5 Å². The van der Waals surface area contributed by atoms with Crippen LogP contribution in [0.25, 0.3) is 11.3 Å². The van der Waals surface area contributed by atoms with Gasteiger partial charge >= 0.3 is 23.1 Å². The third-order valence-corrected chi connectivity index (χ3v) is 15.6. The molecule has 10 heteroatoms. The van der Waals surface area contributed by atoms with Gasteiger partial charge in [-0.15, -0.1) is 0 Å². The monoisotopic (exact) mass is 970 g/mol. The van der Waals surface area contributed by atoms with Gasteiger partial charge in [-0.1, -0.05) is 174 Å². The molecule has 0 unspecified atom stereocenters. The molecule has 0 radical (unpaired) electrons. The van der Waals surface area contributed by atoms with Crippen molar-refractivity contribution in [3.8, 4) is 11.3 Å². The maximum Gasteiger partial charge on any atom is 2.00 e. The number of hydrogen-bond acceptors (Lipinski definition) is 4. The SMILES string of the molecule is Brc1ccccn1.C[CH-]C.O=P(c1ccccc1)(c1ccccc1)c1ccc(-c2ccccn2)cc1.O=P(c1ccccc1)(c1ccccc1)c1ccc(Br)cc1.[Cl-].[Mg+2]. The topological polar surface area (TPSA) is 59.9 Å². The first-order valence-corrected chi connectivity index (χ1v) is 23.3. The van der Waals surface area contributed by atoms with Crippen molar-refractivity contribution in [1.82, 2.24) is 9.97 Å². The van der Waals surface area contributed by atoms with E-state index in [4.69, 9.17) is 0 Å². The number of rotatable bonds is 7. The minimum atomic E-state index is -2.91. The van der Waals surface area contributed by atoms with Crippen molar-refractivity contribution in [2.45, 2.75) is 13.8 Å². The Labute approximate surface area is 388 Å². The van der Waals surface area contributed by atoms with Gasteiger partial charge < -0.3 is 28.0 Å². The van der Waals surface area contributed by atoms with Crippen LogP contribution in [0.1, 0.15) is 13.8 Å². The Balaban J connectivity index is 0.000000252. The summed E-state index contributed by atoms with van der Waals surface area (Å²) in [4.78, 5) is 8.28. The summed E-state index contributed by atoms with van der Waals surface area (Å²) in [5.41, 5.74) is 1.93. The summed E-state index contributed by atoms with van der Waals surface area (Å²) in [5.74, 6) is 0. The van der Waals surface area contributed by atoms with Crippen LogP contribution in [0.15, 0.2) is 228 Å². The van der Waals surface area contributed by atoms with Crippen molar-refractivity contribution in [1.29, 1.82) is 0 Å². The van der Waals surface area contributed by atoms with Gasteiger partial charge in [0.1, 0.15) is 4.60 Å². The molecule has 2 aromatic heterocycles. The molecule has 294 valence electrons. The smallest absolute Gasteiger partial charge is 1.00 e. The predicted molar refractivity (Wildman–Crippen MR) is 256 cm³/mol. The van der Waals surface area contributed by atoms with Gasteiger partial charge in [0.05, 0.1) is 5.69 Å². The number of nitrogens with zero attached hydrogens (tertiary/aromatic N) is 2. The molecule has 0 amide bonds. The number of pyridine rings is 2. The van der Waals surface area contributed by atoms with Crippen LogP contribution in [0.4, 0.5) is 0 Å². The minimum Gasteiger partial charge on any atom is -1.00 e. The Morgan fingerprint density at radius 3 is 1.00 bits per heavy atom. The van der Waals surface area contributed by atoms with Crippen molar-refractivity contribution >= 4 is 101 Å². The van der Waals surface area contributed by atoms with Gasteiger partial charge in [-0.2, -0.15) is 13.8 Å². The maximum absolute atomic E-state index is 14.3. The van der Waals surface area contributed by atoms with Crippen LogP contribution in [0.3, 0.4) is 0 Å². The molecule has 0 bridgehead atoms. The van der Waals surface area contributed by atoms with Crippen LogP contribution in [-0.4, -0.2) is 33.0 Å². The zero-order valence-corrected chi connectivity index (χ0v) is 39.9. The Bertz CT molecular complexity index is 2370. The molecule has 8 rings (SSSR count). The standard InChI is InChI=1S/C23H18NOP.C18H14BrOP.C5H4BrN.C3H7.ClH.Mg/c25-26(20-9-3-1-4-10-20,21-11-5-2-6-12-21)22-16-14-19(15-17-22)23-13-7-8-18-24-23;19-15-11-13-18(14-12-15)21(20,16-7-3-1-4-8-16)17-9-5-2-6-10-17;6-5-3-1-2-4-7-5;1-3-2;;/h1-18H;1-14H;1-4H;3H,1-2H3;1H;/q;;;-1;;+2/p-1. The number of benzene rings is 6. The molecule has 0 aliphatic heterocycles. The van der Waals surface area contributed by atoms with Crippen LogP contribution in [0, 0.1) is 6.42 Å². The molecule has 0 aliphatic rings. The molecule has 59 heavy (non-hydrogen) atoms. The Hall–Kier alpha value is -3.90. The summed E-state index contributed by atoms with van der Waals surface area (Å²) in [6.45, 7) is 4.00. The van der Waals surface area contributed by atoms with E-state index in [0.29, 0.717) is 0 Å². The summed E-state index contributed by atoms with van der Waals surface area (Å²) < 4.78 is 30.0. The van der Waals surface area contributed by atoms with Crippen molar-refractivity contribution in [2.75, 3.05) is 0 Å². The van der Waals surface area contributed by atoms with E-state index >= 15 is 0 Å². The summed E-state index contributed by atoms with van der Waals surface area (Å²) in [6.07, 6.45) is 5.52.